The van der Waals surface area contributed by atoms with Gasteiger partial charge < -0.3 is 14.8 Å². The topological polar surface area (TPSA) is 56.3 Å². The number of nitrogens with one attached hydrogen (secondary N) is 1. The van der Waals surface area contributed by atoms with Gasteiger partial charge in [0, 0.05) is 6.20 Å². The smallest absolute Gasteiger partial charge is 0.127 e. The predicted molar refractivity (Wildman–Crippen MR) is 77.1 cm³/mol. The van der Waals surface area contributed by atoms with Crippen molar-refractivity contribution in [3.05, 3.63) is 48.0 Å². The van der Waals surface area contributed by atoms with Crippen molar-refractivity contribution in [2.24, 2.45) is 0 Å². The number of aromatic nitrogens is 2. The number of rotatable bonds is 6. The summed E-state index contributed by atoms with van der Waals surface area (Å²) >= 11 is 0. The van der Waals surface area contributed by atoms with Gasteiger partial charge in [0.05, 0.1) is 31.5 Å². The molecule has 1 atom stereocenters. The number of methoxy groups -OCH3 is 2. The molecule has 0 spiro atoms. The molecule has 5 heteroatoms. The van der Waals surface area contributed by atoms with E-state index in [-0.39, 0.29) is 6.04 Å². The van der Waals surface area contributed by atoms with E-state index in [0.29, 0.717) is 0 Å². The molecule has 5 nitrogen and oxygen atoms in total. The van der Waals surface area contributed by atoms with Crippen LogP contribution in [0.1, 0.15) is 24.2 Å². The fourth-order valence-electron chi connectivity index (χ4n) is 2.19. The van der Waals surface area contributed by atoms with Gasteiger partial charge in [-0.2, -0.15) is 0 Å². The Hall–Kier alpha value is -2.14. The molecule has 0 fully saturated rings. The monoisotopic (exact) mass is 273 g/mol. The van der Waals surface area contributed by atoms with Crippen LogP contribution < -0.4 is 14.8 Å². The lowest BCUT2D eigenvalue weighted by Crippen LogP contribution is -2.24. The third-order valence-electron chi connectivity index (χ3n) is 3.06. The van der Waals surface area contributed by atoms with E-state index in [4.69, 9.17) is 9.47 Å². The van der Waals surface area contributed by atoms with Crippen molar-refractivity contribution < 1.29 is 9.47 Å². The van der Waals surface area contributed by atoms with E-state index in [0.717, 1.165) is 29.3 Å². The van der Waals surface area contributed by atoms with Gasteiger partial charge in [-0.15, -0.1) is 0 Å². The third kappa shape index (κ3) is 2.88. The fourth-order valence-corrected chi connectivity index (χ4v) is 2.19. The van der Waals surface area contributed by atoms with Crippen molar-refractivity contribution in [1.82, 2.24) is 15.3 Å². The van der Waals surface area contributed by atoms with Crippen LogP contribution in [0.4, 0.5) is 0 Å². The molecule has 0 amide bonds. The third-order valence-corrected chi connectivity index (χ3v) is 3.06. The van der Waals surface area contributed by atoms with Gasteiger partial charge >= 0.3 is 0 Å². The average Bonchev–Trinajstić information content (AvgIpc) is 2.52. The first-order chi connectivity index (χ1) is 9.81. The van der Waals surface area contributed by atoms with Crippen LogP contribution in [0.15, 0.2) is 36.8 Å². The molecule has 2 aromatic rings. The SMILES string of the molecule is CCNC(c1ccncn1)c1c(OC)cccc1OC. The molecule has 20 heavy (non-hydrogen) atoms. The second-order valence-electron chi connectivity index (χ2n) is 4.20. The van der Waals surface area contributed by atoms with Crippen molar-refractivity contribution in [2.45, 2.75) is 13.0 Å². The Morgan fingerprint density at radius 1 is 1.15 bits per heavy atom. The Balaban J connectivity index is 2.54. The summed E-state index contributed by atoms with van der Waals surface area (Å²) in [6.45, 7) is 2.85. The Labute approximate surface area is 119 Å². The van der Waals surface area contributed by atoms with E-state index in [2.05, 4.69) is 22.2 Å². The van der Waals surface area contributed by atoms with E-state index >= 15 is 0 Å². The van der Waals surface area contributed by atoms with E-state index in [9.17, 15) is 0 Å². The molecule has 1 aromatic carbocycles. The minimum absolute atomic E-state index is 0.103. The van der Waals surface area contributed by atoms with Gasteiger partial charge in [-0.25, -0.2) is 9.97 Å². The van der Waals surface area contributed by atoms with Gasteiger partial charge in [-0.1, -0.05) is 13.0 Å². The molecule has 0 radical (unpaired) electrons. The highest BCUT2D eigenvalue weighted by Gasteiger charge is 2.22. The average molecular weight is 273 g/mol. The number of hydrogen-bond donors (Lipinski definition) is 1. The van der Waals surface area contributed by atoms with Crippen LogP contribution >= 0.6 is 0 Å². The van der Waals surface area contributed by atoms with Crippen molar-refractivity contribution in [3.63, 3.8) is 0 Å². The summed E-state index contributed by atoms with van der Waals surface area (Å²) in [5.41, 5.74) is 1.82. The van der Waals surface area contributed by atoms with Crippen LogP contribution in [0.3, 0.4) is 0 Å². The second kappa shape index (κ2) is 6.86. The first-order valence-corrected chi connectivity index (χ1v) is 6.52. The molecular weight excluding hydrogens is 254 g/mol. The molecule has 0 aliphatic carbocycles. The zero-order chi connectivity index (χ0) is 14.4. The highest BCUT2D eigenvalue weighted by Crippen LogP contribution is 2.36. The maximum Gasteiger partial charge on any atom is 0.127 e. The zero-order valence-corrected chi connectivity index (χ0v) is 12.0. The lowest BCUT2D eigenvalue weighted by atomic mass is 10.0. The van der Waals surface area contributed by atoms with Crippen molar-refractivity contribution in [2.75, 3.05) is 20.8 Å². The Kier molecular flexibility index (Phi) is 4.90. The van der Waals surface area contributed by atoms with Crippen LogP contribution in [0.2, 0.25) is 0 Å². The fraction of sp³-hybridized carbons (Fsp3) is 0.333. The lowest BCUT2D eigenvalue weighted by molar-refractivity contribution is 0.376. The molecule has 0 saturated heterocycles. The normalized spacial score (nSPS) is 11.9. The minimum atomic E-state index is -0.103. The van der Waals surface area contributed by atoms with E-state index < -0.39 is 0 Å². The van der Waals surface area contributed by atoms with Crippen LogP contribution in [0.5, 0.6) is 11.5 Å². The molecule has 0 aliphatic heterocycles. The standard InChI is InChI=1S/C15H19N3O2/c1-4-17-15(11-8-9-16-10-18-11)14-12(19-2)6-5-7-13(14)20-3/h5-10,15,17H,4H2,1-3H3. The maximum absolute atomic E-state index is 5.47. The van der Waals surface area contributed by atoms with Crippen molar-refractivity contribution in [1.29, 1.82) is 0 Å². The van der Waals surface area contributed by atoms with E-state index in [1.807, 2.05) is 24.3 Å². The first kappa shape index (κ1) is 14.3. The summed E-state index contributed by atoms with van der Waals surface area (Å²) in [4.78, 5) is 8.31. The van der Waals surface area contributed by atoms with Gasteiger partial charge in [0.2, 0.25) is 0 Å². The van der Waals surface area contributed by atoms with Crippen LogP contribution in [0.25, 0.3) is 0 Å². The summed E-state index contributed by atoms with van der Waals surface area (Å²) < 4.78 is 10.9. The van der Waals surface area contributed by atoms with E-state index in [1.165, 1.54) is 0 Å². The summed E-state index contributed by atoms with van der Waals surface area (Å²) in [5, 5.41) is 3.41. The van der Waals surface area contributed by atoms with Gasteiger partial charge in [-0.05, 0) is 24.7 Å². The minimum Gasteiger partial charge on any atom is -0.496 e. The molecular formula is C15H19N3O2. The number of nitrogens with zero attached hydrogens (tertiary/aromatic N) is 2. The molecule has 0 saturated carbocycles. The van der Waals surface area contributed by atoms with Gasteiger partial charge in [0.1, 0.15) is 17.8 Å². The Bertz CT molecular complexity index is 524. The Morgan fingerprint density at radius 3 is 2.35 bits per heavy atom. The van der Waals surface area contributed by atoms with Gasteiger partial charge in [0.15, 0.2) is 0 Å². The highest BCUT2D eigenvalue weighted by molar-refractivity contribution is 5.49. The summed E-state index contributed by atoms with van der Waals surface area (Å²) in [6, 6.07) is 7.53. The molecule has 1 N–H and O–H groups in total. The second-order valence-corrected chi connectivity index (χ2v) is 4.20. The molecule has 2 rings (SSSR count). The van der Waals surface area contributed by atoms with Crippen LogP contribution in [0, 0.1) is 0 Å². The number of benzene rings is 1. The number of hydrogen-bond acceptors (Lipinski definition) is 5. The highest BCUT2D eigenvalue weighted by atomic mass is 16.5. The van der Waals surface area contributed by atoms with E-state index in [1.54, 1.807) is 26.7 Å². The quantitative estimate of drug-likeness (QED) is 0.874. The predicted octanol–water partition coefficient (Wildman–Crippen LogP) is 2.19. The largest absolute Gasteiger partial charge is 0.496 e. The summed E-state index contributed by atoms with van der Waals surface area (Å²) in [6.07, 6.45) is 3.27. The first-order valence-electron chi connectivity index (χ1n) is 6.52. The van der Waals surface area contributed by atoms with Crippen molar-refractivity contribution in [3.8, 4) is 11.5 Å². The number of ether oxygens (including phenoxy) is 2. The maximum atomic E-state index is 5.47. The molecule has 1 aromatic heterocycles. The van der Waals surface area contributed by atoms with Crippen LogP contribution in [-0.2, 0) is 0 Å². The molecule has 0 bridgehead atoms. The molecule has 0 aliphatic rings. The van der Waals surface area contributed by atoms with Gasteiger partial charge in [-0.3, -0.25) is 0 Å². The molecule has 106 valence electrons. The van der Waals surface area contributed by atoms with Gasteiger partial charge in [0.25, 0.3) is 0 Å². The Morgan fingerprint density at radius 2 is 1.85 bits per heavy atom. The molecule has 1 heterocycles. The summed E-state index contributed by atoms with van der Waals surface area (Å²) in [7, 11) is 3.31. The van der Waals surface area contributed by atoms with Crippen LogP contribution in [-0.4, -0.2) is 30.7 Å². The zero-order valence-electron chi connectivity index (χ0n) is 12.0. The lowest BCUT2D eigenvalue weighted by Gasteiger charge is -2.22. The molecule has 1 unspecified atom stereocenters. The summed E-state index contributed by atoms with van der Waals surface area (Å²) in [5.74, 6) is 1.54. The van der Waals surface area contributed by atoms with Crippen molar-refractivity contribution >= 4 is 0 Å².